The van der Waals surface area contributed by atoms with Gasteiger partial charge in [-0.25, -0.2) is 0 Å². The molecule has 1 unspecified atom stereocenters. The second kappa shape index (κ2) is 9.28. The summed E-state index contributed by atoms with van der Waals surface area (Å²) in [6.45, 7) is 4.75. The lowest BCUT2D eigenvalue weighted by Crippen LogP contribution is -2.44. The average molecular weight is 370 g/mol. The molecule has 1 aliphatic rings. The van der Waals surface area contributed by atoms with Crippen LogP contribution in [0.1, 0.15) is 12.5 Å². The van der Waals surface area contributed by atoms with E-state index in [0.29, 0.717) is 26.2 Å². The van der Waals surface area contributed by atoms with Crippen LogP contribution >= 0.6 is 0 Å². The van der Waals surface area contributed by atoms with E-state index in [1.165, 1.54) is 0 Å². The number of methoxy groups -OCH3 is 1. The Kier molecular flexibility index (Phi) is 6.54. The van der Waals surface area contributed by atoms with Gasteiger partial charge in [0.25, 0.3) is 0 Å². The lowest BCUT2D eigenvalue weighted by atomic mass is 10.2. The summed E-state index contributed by atoms with van der Waals surface area (Å²) in [6.07, 6.45) is -0.0887. The summed E-state index contributed by atoms with van der Waals surface area (Å²) in [4.78, 5) is 14.4. The third kappa shape index (κ3) is 5.37. The maximum absolute atomic E-state index is 12.3. The van der Waals surface area contributed by atoms with Gasteiger partial charge >= 0.3 is 0 Å². The van der Waals surface area contributed by atoms with Crippen LogP contribution in [0.2, 0.25) is 0 Å². The van der Waals surface area contributed by atoms with Gasteiger partial charge in [-0.1, -0.05) is 31.2 Å². The minimum Gasteiger partial charge on any atom is -0.497 e. The third-order valence-corrected chi connectivity index (χ3v) is 4.49. The van der Waals surface area contributed by atoms with E-state index in [9.17, 15) is 4.79 Å². The van der Waals surface area contributed by atoms with Crippen LogP contribution in [-0.4, -0.2) is 50.3 Å². The van der Waals surface area contributed by atoms with Crippen molar-refractivity contribution < 1.29 is 19.0 Å². The highest BCUT2D eigenvalue weighted by molar-refractivity contribution is 5.78. The molecule has 0 spiro atoms. The van der Waals surface area contributed by atoms with Gasteiger partial charge in [0.15, 0.2) is 11.5 Å². The van der Waals surface area contributed by atoms with Crippen LogP contribution in [0.25, 0.3) is 0 Å². The quantitative estimate of drug-likeness (QED) is 0.774. The van der Waals surface area contributed by atoms with Gasteiger partial charge in [-0.3, -0.25) is 9.69 Å². The van der Waals surface area contributed by atoms with E-state index in [1.807, 2.05) is 55.5 Å². The maximum atomic E-state index is 12.3. The first-order chi connectivity index (χ1) is 13.2. The van der Waals surface area contributed by atoms with Crippen LogP contribution in [0.5, 0.6) is 17.2 Å². The average Bonchev–Trinajstić information content (AvgIpc) is 2.72. The fourth-order valence-electron chi connectivity index (χ4n) is 2.95. The normalized spacial score (nSPS) is 15.4. The fraction of sp³-hybridized carbons (Fsp3) is 0.381. The molecule has 0 saturated heterocycles. The summed E-state index contributed by atoms with van der Waals surface area (Å²) >= 11 is 0. The molecule has 2 aromatic rings. The number of carbonyl (C=O) groups is 1. The number of rotatable bonds is 8. The number of likely N-dealkylation sites (N-methyl/N-ethyl adjacent to an activating group) is 1. The van der Waals surface area contributed by atoms with Crippen molar-refractivity contribution in [3.8, 4) is 17.2 Å². The highest BCUT2D eigenvalue weighted by Gasteiger charge is 2.23. The molecule has 27 heavy (non-hydrogen) atoms. The van der Waals surface area contributed by atoms with E-state index in [-0.39, 0.29) is 12.0 Å². The third-order valence-electron chi connectivity index (χ3n) is 4.49. The van der Waals surface area contributed by atoms with Gasteiger partial charge in [-0.2, -0.15) is 0 Å². The highest BCUT2D eigenvalue weighted by Crippen LogP contribution is 2.30. The topological polar surface area (TPSA) is 60.0 Å². The molecule has 1 N–H and O–H groups in total. The predicted octanol–water partition coefficient (Wildman–Crippen LogP) is 2.47. The molecular weight excluding hydrogens is 344 g/mol. The van der Waals surface area contributed by atoms with E-state index in [2.05, 4.69) is 10.2 Å². The van der Waals surface area contributed by atoms with Crippen LogP contribution < -0.4 is 19.5 Å². The predicted molar refractivity (Wildman–Crippen MR) is 103 cm³/mol. The summed E-state index contributed by atoms with van der Waals surface area (Å²) in [5.74, 6) is 2.33. The summed E-state index contributed by atoms with van der Waals surface area (Å²) in [5, 5.41) is 2.96. The molecule has 1 aliphatic heterocycles. The molecule has 6 nitrogen and oxygen atoms in total. The van der Waals surface area contributed by atoms with Crippen molar-refractivity contribution in [2.24, 2.45) is 0 Å². The SMILES string of the molecule is CCN(CC(=O)NCc1ccc(OC)cc1)CC1COc2ccccc2O1. The van der Waals surface area contributed by atoms with Gasteiger partial charge in [0, 0.05) is 13.1 Å². The zero-order valence-corrected chi connectivity index (χ0v) is 15.8. The molecule has 0 aliphatic carbocycles. The van der Waals surface area contributed by atoms with Crippen LogP contribution in [-0.2, 0) is 11.3 Å². The fourth-order valence-corrected chi connectivity index (χ4v) is 2.95. The van der Waals surface area contributed by atoms with Crippen molar-refractivity contribution in [2.45, 2.75) is 19.6 Å². The van der Waals surface area contributed by atoms with E-state index in [4.69, 9.17) is 14.2 Å². The minimum atomic E-state index is -0.0887. The lowest BCUT2D eigenvalue weighted by molar-refractivity contribution is -0.122. The van der Waals surface area contributed by atoms with E-state index < -0.39 is 0 Å². The Hall–Kier alpha value is -2.73. The number of hydrogen-bond acceptors (Lipinski definition) is 5. The van der Waals surface area contributed by atoms with Gasteiger partial charge in [0.05, 0.1) is 13.7 Å². The maximum Gasteiger partial charge on any atom is 0.234 e. The summed E-state index contributed by atoms with van der Waals surface area (Å²) in [5.41, 5.74) is 1.04. The molecule has 1 heterocycles. The van der Waals surface area contributed by atoms with Gasteiger partial charge < -0.3 is 19.5 Å². The molecule has 6 heteroatoms. The Morgan fingerprint density at radius 2 is 1.93 bits per heavy atom. The Labute approximate surface area is 160 Å². The zero-order chi connectivity index (χ0) is 19.1. The Morgan fingerprint density at radius 3 is 2.63 bits per heavy atom. The first-order valence-electron chi connectivity index (χ1n) is 9.18. The number of benzene rings is 2. The van der Waals surface area contributed by atoms with E-state index in [0.717, 1.165) is 29.4 Å². The minimum absolute atomic E-state index is 0.00945. The second-order valence-corrected chi connectivity index (χ2v) is 6.45. The Balaban J connectivity index is 1.46. The van der Waals surface area contributed by atoms with Gasteiger partial charge in [0.1, 0.15) is 18.5 Å². The molecular formula is C21H26N2O4. The number of nitrogens with one attached hydrogen (secondary N) is 1. The number of amides is 1. The molecule has 3 rings (SSSR count). The molecule has 1 atom stereocenters. The molecule has 0 bridgehead atoms. The summed E-state index contributed by atoms with van der Waals surface area (Å²) in [7, 11) is 1.63. The van der Waals surface area contributed by atoms with Crippen LogP contribution in [0.3, 0.4) is 0 Å². The number of ether oxygens (including phenoxy) is 3. The molecule has 1 amide bonds. The molecule has 0 fully saturated rings. The highest BCUT2D eigenvalue weighted by atomic mass is 16.6. The molecule has 0 radical (unpaired) electrons. The Morgan fingerprint density at radius 1 is 1.19 bits per heavy atom. The number of carbonyl (C=O) groups excluding carboxylic acids is 1. The van der Waals surface area contributed by atoms with Crippen molar-refractivity contribution in [3.63, 3.8) is 0 Å². The zero-order valence-electron chi connectivity index (χ0n) is 15.8. The van der Waals surface area contributed by atoms with Crippen molar-refractivity contribution in [3.05, 3.63) is 54.1 Å². The van der Waals surface area contributed by atoms with Crippen molar-refractivity contribution in [2.75, 3.05) is 33.4 Å². The number of hydrogen-bond donors (Lipinski definition) is 1. The monoisotopic (exact) mass is 370 g/mol. The van der Waals surface area contributed by atoms with Crippen molar-refractivity contribution in [1.29, 1.82) is 0 Å². The van der Waals surface area contributed by atoms with Crippen molar-refractivity contribution in [1.82, 2.24) is 10.2 Å². The summed E-state index contributed by atoms with van der Waals surface area (Å²) in [6, 6.07) is 15.3. The van der Waals surface area contributed by atoms with E-state index >= 15 is 0 Å². The van der Waals surface area contributed by atoms with Crippen molar-refractivity contribution >= 4 is 5.91 Å². The molecule has 144 valence electrons. The second-order valence-electron chi connectivity index (χ2n) is 6.45. The van der Waals surface area contributed by atoms with Crippen LogP contribution in [0.4, 0.5) is 0 Å². The molecule has 0 aromatic heterocycles. The number of para-hydroxylation sites is 2. The smallest absolute Gasteiger partial charge is 0.234 e. The molecule has 2 aromatic carbocycles. The number of nitrogens with zero attached hydrogens (tertiary/aromatic N) is 1. The number of fused-ring (bicyclic) bond motifs is 1. The largest absolute Gasteiger partial charge is 0.497 e. The van der Waals surface area contributed by atoms with Crippen LogP contribution in [0, 0.1) is 0 Å². The first-order valence-corrected chi connectivity index (χ1v) is 9.18. The molecule has 0 saturated carbocycles. The van der Waals surface area contributed by atoms with Gasteiger partial charge in [-0.05, 0) is 36.4 Å². The standard InChI is InChI=1S/C21H26N2O4/c1-3-23(13-18-15-26-19-6-4-5-7-20(19)27-18)14-21(24)22-12-16-8-10-17(25-2)11-9-16/h4-11,18H,3,12-15H2,1-2H3,(H,22,24). The van der Waals surface area contributed by atoms with Crippen LogP contribution in [0.15, 0.2) is 48.5 Å². The Bertz CT molecular complexity index is 748. The lowest BCUT2D eigenvalue weighted by Gasteiger charge is -2.30. The van der Waals surface area contributed by atoms with Gasteiger partial charge in [0.2, 0.25) is 5.91 Å². The van der Waals surface area contributed by atoms with Gasteiger partial charge in [-0.15, -0.1) is 0 Å². The summed E-state index contributed by atoms with van der Waals surface area (Å²) < 4.78 is 16.9. The first kappa shape index (κ1) is 19.0. The van der Waals surface area contributed by atoms with E-state index in [1.54, 1.807) is 7.11 Å².